The van der Waals surface area contributed by atoms with E-state index < -0.39 is 0 Å². The van der Waals surface area contributed by atoms with Crippen LogP contribution in [0, 0.1) is 12.8 Å². The van der Waals surface area contributed by atoms with Crippen molar-refractivity contribution in [3.8, 4) is 0 Å². The second-order valence-corrected chi connectivity index (χ2v) is 10.2. The summed E-state index contributed by atoms with van der Waals surface area (Å²) in [5.41, 5.74) is 5.24. The normalized spacial score (nSPS) is 17.6. The molecule has 3 aromatic rings. The fourth-order valence-electron chi connectivity index (χ4n) is 4.92. The first-order valence-corrected chi connectivity index (χ1v) is 13.0. The number of thiocarbonyl (C=S) groups is 1. The Morgan fingerprint density at radius 2 is 1.74 bits per heavy atom. The lowest BCUT2D eigenvalue weighted by atomic mass is 10.00. The van der Waals surface area contributed by atoms with Gasteiger partial charge in [0.2, 0.25) is 5.95 Å². The van der Waals surface area contributed by atoms with Gasteiger partial charge in [-0.2, -0.15) is 9.97 Å². The van der Waals surface area contributed by atoms with Crippen LogP contribution in [-0.2, 0) is 19.5 Å². The standard InChI is InChI=1S/C28H34N6S/c1-20-9-11-22(12-10-20)17-29-28(35)32-27-30-25(33-14-5-6-21(2)18-33)16-26(31-27)34-15-13-23-7-3-4-8-24(23)19-34/h3-4,7-12,16,21H,5-6,13-15,17-19H2,1-2H3,(H2,29,30,31,32,35). The zero-order chi connectivity index (χ0) is 24.2. The lowest BCUT2D eigenvalue weighted by Gasteiger charge is -2.34. The summed E-state index contributed by atoms with van der Waals surface area (Å²) in [6.45, 7) is 8.92. The molecule has 0 spiro atoms. The van der Waals surface area contributed by atoms with E-state index in [1.54, 1.807) is 0 Å². The number of benzene rings is 2. The second kappa shape index (κ2) is 10.6. The highest BCUT2D eigenvalue weighted by atomic mass is 32.1. The third-order valence-electron chi connectivity index (χ3n) is 6.93. The number of piperidine rings is 1. The van der Waals surface area contributed by atoms with E-state index >= 15 is 0 Å². The molecular weight excluding hydrogens is 452 g/mol. The Balaban J connectivity index is 1.35. The van der Waals surface area contributed by atoms with Gasteiger partial charge in [0.05, 0.1) is 0 Å². The first-order chi connectivity index (χ1) is 17.0. The van der Waals surface area contributed by atoms with Crippen molar-refractivity contribution in [3.05, 3.63) is 76.9 Å². The minimum absolute atomic E-state index is 0.532. The predicted molar refractivity (Wildman–Crippen MR) is 148 cm³/mol. The zero-order valence-corrected chi connectivity index (χ0v) is 21.4. The minimum Gasteiger partial charge on any atom is -0.358 e. The van der Waals surface area contributed by atoms with E-state index in [0.717, 1.165) is 44.2 Å². The molecule has 3 heterocycles. The van der Waals surface area contributed by atoms with Crippen LogP contribution in [0.15, 0.2) is 54.6 Å². The molecular formula is C28H34N6S. The van der Waals surface area contributed by atoms with Crippen LogP contribution in [0.1, 0.15) is 42.0 Å². The molecule has 1 atom stereocenters. The number of nitrogens with one attached hydrogen (secondary N) is 2. The third-order valence-corrected chi connectivity index (χ3v) is 7.18. The number of anilines is 3. The van der Waals surface area contributed by atoms with Crippen molar-refractivity contribution in [3.63, 3.8) is 0 Å². The van der Waals surface area contributed by atoms with E-state index in [0.29, 0.717) is 23.5 Å². The average Bonchev–Trinajstić information content (AvgIpc) is 2.88. The van der Waals surface area contributed by atoms with Gasteiger partial charge < -0.3 is 20.4 Å². The molecule has 0 radical (unpaired) electrons. The summed E-state index contributed by atoms with van der Waals surface area (Å²) in [7, 11) is 0. The summed E-state index contributed by atoms with van der Waals surface area (Å²) >= 11 is 5.60. The van der Waals surface area contributed by atoms with Crippen molar-refractivity contribution >= 4 is 34.9 Å². The van der Waals surface area contributed by atoms with Gasteiger partial charge >= 0.3 is 0 Å². The van der Waals surface area contributed by atoms with Gasteiger partial charge in [-0.1, -0.05) is 61.0 Å². The average molecular weight is 487 g/mol. The Kier molecular flexibility index (Phi) is 7.13. The van der Waals surface area contributed by atoms with Crippen LogP contribution in [0.5, 0.6) is 0 Å². The Labute approximate surface area is 213 Å². The molecule has 0 saturated carbocycles. The number of hydrogen-bond donors (Lipinski definition) is 2. The van der Waals surface area contributed by atoms with Gasteiger partial charge in [-0.05, 0) is 61.0 Å². The summed E-state index contributed by atoms with van der Waals surface area (Å²) < 4.78 is 0. The van der Waals surface area contributed by atoms with Crippen LogP contribution in [0.3, 0.4) is 0 Å². The molecule has 0 bridgehead atoms. The molecule has 1 unspecified atom stereocenters. The van der Waals surface area contributed by atoms with Crippen molar-refractivity contribution < 1.29 is 0 Å². The third kappa shape index (κ3) is 5.90. The van der Waals surface area contributed by atoms with Gasteiger partial charge in [-0.3, -0.25) is 0 Å². The summed E-state index contributed by atoms with van der Waals surface area (Å²) in [5.74, 6) is 3.14. The summed E-state index contributed by atoms with van der Waals surface area (Å²) in [5, 5.41) is 7.09. The molecule has 1 saturated heterocycles. The SMILES string of the molecule is Cc1ccc(CNC(=S)Nc2nc(N3CCc4ccccc4C3)cc(N3CCCC(C)C3)n2)cc1. The van der Waals surface area contributed by atoms with Crippen molar-refractivity contribution in [2.24, 2.45) is 5.92 Å². The Hall–Kier alpha value is -3.19. The van der Waals surface area contributed by atoms with Gasteiger partial charge in [0.15, 0.2) is 5.11 Å². The van der Waals surface area contributed by atoms with E-state index in [1.807, 2.05) is 0 Å². The molecule has 2 N–H and O–H groups in total. The van der Waals surface area contributed by atoms with Crippen LogP contribution < -0.4 is 20.4 Å². The molecule has 0 amide bonds. The van der Waals surface area contributed by atoms with E-state index in [9.17, 15) is 0 Å². The molecule has 182 valence electrons. The fraction of sp³-hybridized carbons (Fsp3) is 0.393. The maximum absolute atomic E-state index is 5.60. The Morgan fingerprint density at radius 1 is 1.00 bits per heavy atom. The molecule has 2 aliphatic rings. The van der Waals surface area contributed by atoms with Gasteiger partial charge in [0, 0.05) is 38.8 Å². The Bertz CT molecular complexity index is 1180. The van der Waals surface area contributed by atoms with Crippen LogP contribution in [0.4, 0.5) is 17.6 Å². The van der Waals surface area contributed by atoms with Crippen molar-refractivity contribution in [1.82, 2.24) is 15.3 Å². The number of nitrogens with zero attached hydrogens (tertiary/aromatic N) is 4. The molecule has 1 aromatic heterocycles. The van der Waals surface area contributed by atoms with Crippen LogP contribution in [0.25, 0.3) is 0 Å². The fourth-order valence-corrected chi connectivity index (χ4v) is 5.09. The highest BCUT2D eigenvalue weighted by Crippen LogP contribution is 2.29. The first-order valence-electron chi connectivity index (χ1n) is 12.6. The molecule has 0 aliphatic carbocycles. The topological polar surface area (TPSA) is 56.3 Å². The van der Waals surface area contributed by atoms with Gasteiger partial charge in [-0.15, -0.1) is 0 Å². The summed E-state index contributed by atoms with van der Waals surface area (Å²) in [6, 6.07) is 19.3. The number of fused-ring (bicyclic) bond motifs is 1. The van der Waals surface area contributed by atoms with E-state index in [1.165, 1.54) is 35.1 Å². The molecule has 7 heteroatoms. The van der Waals surface area contributed by atoms with Crippen LogP contribution in [-0.4, -0.2) is 34.7 Å². The number of aryl methyl sites for hydroxylation is 1. The minimum atomic E-state index is 0.532. The first kappa shape index (κ1) is 23.5. The predicted octanol–water partition coefficient (Wildman–Crippen LogP) is 5.07. The van der Waals surface area contributed by atoms with E-state index in [-0.39, 0.29) is 0 Å². The zero-order valence-electron chi connectivity index (χ0n) is 20.6. The molecule has 2 aromatic carbocycles. The lowest BCUT2D eigenvalue weighted by Crippen LogP contribution is -2.36. The van der Waals surface area contributed by atoms with E-state index in [4.69, 9.17) is 22.2 Å². The lowest BCUT2D eigenvalue weighted by molar-refractivity contribution is 0.444. The highest BCUT2D eigenvalue weighted by molar-refractivity contribution is 7.80. The smallest absolute Gasteiger partial charge is 0.232 e. The van der Waals surface area contributed by atoms with Gasteiger partial charge in [0.1, 0.15) is 11.6 Å². The maximum Gasteiger partial charge on any atom is 0.232 e. The second-order valence-electron chi connectivity index (χ2n) is 9.83. The number of aromatic nitrogens is 2. The Morgan fingerprint density at radius 3 is 2.51 bits per heavy atom. The van der Waals surface area contributed by atoms with E-state index in [2.05, 4.69) is 88.9 Å². The maximum atomic E-state index is 5.60. The number of hydrogen-bond acceptors (Lipinski definition) is 5. The monoisotopic (exact) mass is 486 g/mol. The largest absolute Gasteiger partial charge is 0.358 e. The van der Waals surface area contributed by atoms with Gasteiger partial charge in [-0.25, -0.2) is 0 Å². The molecule has 5 rings (SSSR count). The molecule has 2 aliphatic heterocycles. The van der Waals surface area contributed by atoms with Gasteiger partial charge in [0.25, 0.3) is 0 Å². The summed E-state index contributed by atoms with van der Waals surface area (Å²) in [4.78, 5) is 14.5. The molecule has 6 nitrogen and oxygen atoms in total. The van der Waals surface area contributed by atoms with Crippen molar-refractivity contribution in [1.29, 1.82) is 0 Å². The van der Waals surface area contributed by atoms with Crippen LogP contribution >= 0.6 is 12.2 Å². The molecule has 1 fully saturated rings. The van der Waals surface area contributed by atoms with Crippen molar-refractivity contribution in [2.75, 3.05) is 34.8 Å². The quantitative estimate of drug-likeness (QED) is 0.488. The number of rotatable bonds is 5. The molecule has 35 heavy (non-hydrogen) atoms. The van der Waals surface area contributed by atoms with Crippen molar-refractivity contribution in [2.45, 2.75) is 46.2 Å². The van der Waals surface area contributed by atoms with Crippen LogP contribution in [0.2, 0.25) is 0 Å². The highest BCUT2D eigenvalue weighted by Gasteiger charge is 2.23. The summed E-state index contributed by atoms with van der Waals surface area (Å²) in [6.07, 6.45) is 3.49.